The molecule has 0 saturated carbocycles. The number of unbranched alkanes of at least 4 members (excludes halogenated alkanes) is 2. The Morgan fingerprint density at radius 1 is 1.03 bits per heavy atom. The summed E-state index contributed by atoms with van der Waals surface area (Å²) in [5.74, 6) is -0.929. The van der Waals surface area contributed by atoms with E-state index in [9.17, 15) is 17.6 Å². The summed E-state index contributed by atoms with van der Waals surface area (Å²) in [6.07, 6.45) is 3.36. The van der Waals surface area contributed by atoms with Crippen LogP contribution < -0.4 is 5.32 Å². The smallest absolute Gasteiger partial charge is 0.322 e. The third-order valence-corrected chi connectivity index (χ3v) is 6.91. The van der Waals surface area contributed by atoms with Crippen molar-refractivity contribution in [1.82, 2.24) is 14.5 Å². The van der Waals surface area contributed by atoms with E-state index in [-0.39, 0.29) is 22.4 Å². The zero-order valence-electron chi connectivity index (χ0n) is 18.6. The number of nitrogens with zero attached hydrogens (tertiary/aromatic N) is 3. The molecule has 0 spiro atoms. The predicted molar refractivity (Wildman–Crippen MR) is 123 cm³/mol. The average molecular weight is 475 g/mol. The fraction of sp³-hybridized carbons (Fsp3) is 0.348. The predicted octanol–water partition coefficient (Wildman–Crippen LogP) is 4.72. The van der Waals surface area contributed by atoms with Crippen LogP contribution in [0.5, 0.6) is 0 Å². The second kappa shape index (κ2) is 11.2. The van der Waals surface area contributed by atoms with E-state index in [1.165, 1.54) is 46.8 Å². The molecule has 1 amide bonds. The highest BCUT2D eigenvalue weighted by molar-refractivity contribution is 7.89. The zero-order valence-corrected chi connectivity index (χ0v) is 19.4. The summed E-state index contributed by atoms with van der Waals surface area (Å²) in [5.41, 5.74) is 0.612. The highest BCUT2D eigenvalue weighted by Crippen LogP contribution is 2.22. The van der Waals surface area contributed by atoms with E-state index in [1.807, 2.05) is 13.8 Å². The topological polar surface area (TPSA) is 105 Å². The molecule has 1 heterocycles. The molecule has 0 aliphatic heterocycles. The fourth-order valence-electron chi connectivity index (χ4n) is 3.13. The summed E-state index contributed by atoms with van der Waals surface area (Å²) >= 11 is 0. The van der Waals surface area contributed by atoms with Gasteiger partial charge in [-0.1, -0.05) is 37.9 Å². The Morgan fingerprint density at radius 3 is 2.30 bits per heavy atom. The molecule has 0 saturated heterocycles. The van der Waals surface area contributed by atoms with Gasteiger partial charge in [-0.15, -0.1) is 5.10 Å². The summed E-state index contributed by atoms with van der Waals surface area (Å²) in [6, 6.07) is 11.2. The number of nitrogens with one attached hydrogen (secondary N) is 1. The first-order chi connectivity index (χ1) is 15.8. The van der Waals surface area contributed by atoms with Crippen molar-refractivity contribution in [1.29, 1.82) is 0 Å². The van der Waals surface area contributed by atoms with Gasteiger partial charge in [0.2, 0.25) is 15.9 Å². The van der Waals surface area contributed by atoms with Crippen LogP contribution in [-0.2, 0) is 10.0 Å². The van der Waals surface area contributed by atoms with Crippen LogP contribution in [0.25, 0.3) is 11.5 Å². The number of carbonyl (C=O) groups is 1. The maximum Gasteiger partial charge on any atom is 0.322 e. The van der Waals surface area contributed by atoms with Gasteiger partial charge in [-0.25, -0.2) is 12.8 Å². The Bertz CT molecular complexity index is 1170. The van der Waals surface area contributed by atoms with E-state index >= 15 is 0 Å². The number of halogens is 1. The number of carbonyl (C=O) groups excluding carboxylic acids is 1. The van der Waals surface area contributed by atoms with Crippen molar-refractivity contribution in [2.24, 2.45) is 0 Å². The van der Waals surface area contributed by atoms with Gasteiger partial charge in [-0.3, -0.25) is 10.1 Å². The Kier molecular flexibility index (Phi) is 8.29. The summed E-state index contributed by atoms with van der Waals surface area (Å²) in [5, 5.41) is 10.0. The van der Waals surface area contributed by atoms with Crippen molar-refractivity contribution < 1.29 is 22.0 Å². The second-order valence-corrected chi connectivity index (χ2v) is 9.45. The van der Waals surface area contributed by atoms with Crippen LogP contribution in [0, 0.1) is 5.82 Å². The standard InChI is InChI=1S/C23H27FN4O4S/c1-3-5-14-28(15-6-4-2)33(30,31)20-12-10-17(11-13-20)21(29)25-23-27-26-22(32-23)18-8-7-9-19(24)16-18/h7-13,16H,3-6,14-15H2,1-2H3,(H,25,27,29). The maximum absolute atomic E-state index is 13.4. The molecule has 8 nitrogen and oxygen atoms in total. The number of hydrogen-bond acceptors (Lipinski definition) is 6. The molecule has 0 fully saturated rings. The molecule has 1 N–H and O–H groups in total. The average Bonchev–Trinajstić information content (AvgIpc) is 3.27. The lowest BCUT2D eigenvalue weighted by molar-refractivity contribution is 0.102. The molecular formula is C23H27FN4O4S. The van der Waals surface area contributed by atoms with Crippen molar-refractivity contribution in [3.05, 3.63) is 59.9 Å². The number of benzene rings is 2. The Balaban J connectivity index is 1.71. The van der Waals surface area contributed by atoms with Gasteiger partial charge >= 0.3 is 6.01 Å². The van der Waals surface area contributed by atoms with Gasteiger partial charge in [0.1, 0.15) is 5.82 Å². The molecule has 10 heteroatoms. The van der Waals surface area contributed by atoms with Gasteiger partial charge in [-0.05, 0) is 55.3 Å². The van der Waals surface area contributed by atoms with Gasteiger partial charge in [0, 0.05) is 24.2 Å². The van der Waals surface area contributed by atoms with E-state index in [1.54, 1.807) is 6.07 Å². The highest BCUT2D eigenvalue weighted by atomic mass is 32.2. The molecular weight excluding hydrogens is 447 g/mol. The first kappa shape index (κ1) is 24.5. The molecule has 2 aromatic carbocycles. The minimum absolute atomic E-state index is 0.0606. The SMILES string of the molecule is CCCCN(CCCC)S(=O)(=O)c1ccc(C(=O)Nc2nnc(-c3cccc(F)c3)o2)cc1. The van der Waals surface area contributed by atoms with E-state index in [0.717, 1.165) is 25.7 Å². The fourth-order valence-corrected chi connectivity index (χ4v) is 4.65. The number of sulfonamides is 1. The van der Waals surface area contributed by atoms with Gasteiger partial charge in [-0.2, -0.15) is 4.31 Å². The normalized spacial score (nSPS) is 11.6. The quantitative estimate of drug-likeness (QED) is 0.431. The molecule has 0 bridgehead atoms. The zero-order chi connectivity index (χ0) is 23.8. The molecule has 176 valence electrons. The monoisotopic (exact) mass is 474 g/mol. The molecule has 0 aliphatic rings. The third kappa shape index (κ3) is 6.23. The lowest BCUT2D eigenvalue weighted by Gasteiger charge is -2.22. The van der Waals surface area contributed by atoms with Crippen molar-refractivity contribution >= 4 is 21.9 Å². The number of rotatable bonds is 11. The van der Waals surface area contributed by atoms with Crippen LogP contribution in [0.3, 0.4) is 0 Å². The largest absolute Gasteiger partial charge is 0.403 e. The van der Waals surface area contributed by atoms with E-state index in [0.29, 0.717) is 18.7 Å². The summed E-state index contributed by atoms with van der Waals surface area (Å²) < 4.78 is 46.3. The van der Waals surface area contributed by atoms with Crippen molar-refractivity contribution in [2.75, 3.05) is 18.4 Å². The molecule has 0 aliphatic carbocycles. The lowest BCUT2D eigenvalue weighted by Crippen LogP contribution is -2.33. The maximum atomic E-state index is 13.4. The summed E-state index contributed by atoms with van der Waals surface area (Å²) in [7, 11) is -3.65. The van der Waals surface area contributed by atoms with Gasteiger partial charge in [0.25, 0.3) is 5.91 Å². The minimum atomic E-state index is -3.65. The van der Waals surface area contributed by atoms with Crippen molar-refractivity contribution in [3.8, 4) is 11.5 Å². The first-order valence-electron chi connectivity index (χ1n) is 10.9. The first-order valence-corrected chi connectivity index (χ1v) is 12.3. The van der Waals surface area contributed by atoms with Crippen LogP contribution in [-0.4, -0.2) is 41.9 Å². The van der Waals surface area contributed by atoms with E-state index in [2.05, 4.69) is 15.5 Å². The summed E-state index contributed by atoms with van der Waals surface area (Å²) in [6.45, 7) is 4.96. The van der Waals surface area contributed by atoms with Crippen LogP contribution >= 0.6 is 0 Å². The molecule has 1 aromatic heterocycles. The third-order valence-electron chi connectivity index (χ3n) is 4.99. The van der Waals surface area contributed by atoms with Crippen LogP contribution in [0.15, 0.2) is 57.8 Å². The Labute approximate surface area is 192 Å². The second-order valence-electron chi connectivity index (χ2n) is 7.51. The molecule has 0 unspecified atom stereocenters. The van der Waals surface area contributed by atoms with Crippen LogP contribution in [0.2, 0.25) is 0 Å². The van der Waals surface area contributed by atoms with Crippen LogP contribution in [0.1, 0.15) is 49.9 Å². The Morgan fingerprint density at radius 2 is 1.70 bits per heavy atom. The molecule has 3 aromatic rings. The van der Waals surface area contributed by atoms with Gasteiger partial charge < -0.3 is 4.42 Å². The van der Waals surface area contributed by atoms with Gasteiger partial charge in [0.15, 0.2) is 0 Å². The lowest BCUT2D eigenvalue weighted by atomic mass is 10.2. The molecule has 0 radical (unpaired) electrons. The summed E-state index contributed by atoms with van der Waals surface area (Å²) in [4.78, 5) is 12.7. The number of aromatic nitrogens is 2. The Hall–Kier alpha value is -3.11. The number of hydrogen-bond donors (Lipinski definition) is 1. The van der Waals surface area contributed by atoms with E-state index < -0.39 is 21.7 Å². The van der Waals surface area contributed by atoms with Crippen molar-refractivity contribution in [3.63, 3.8) is 0 Å². The van der Waals surface area contributed by atoms with Crippen molar-refractivity contribution in [2.45, 2.75) is 44.4 Å². The van der Waals surface area contributed by atoms with E-state index in [4.69, 9.17) is 4.42 Å². The van der Waals surface area contributed by atoms with Gasteiger partial charge in [0.05, 0.1) is 4.90 Å². The highest BCUT2D eigenvalue weighted by Gasteiger charge is 2.24. The minimum Gasteiger partial charge on any atom is -0.403 e. The molecule has 3 rings (SSSR count). The molecule has 0 atom stereocenters. The van der Waals surface area contributed by atoms with Crippen LogP contribution in [0.4, 0.5) is 10.4 Å². The number of anilines is 1. The number of amides is 1. The molecule has 33 heavy (non-hydrogen) atoms.